The second kappa shape index (κ2) is 10.2. The van der Waals surface area contributed by atoms with Crippen LogP contribution in [0.4, 0.5) is 0 Å². The molecule has 6 heteroatoms. The van der Waals surface area contributed by atoms with E-state index >= 15 is 0 Å². The standard InChI is InChI=1S/C22H25BrO4S/c1-3-25-22(24)13-27-20-9-8-19(10-15(20)2)28-14-17-6-7-18(23)11-21(17)26-12-16-4-5-16/h6-11,16H,3-5,12-14H2,1-2H3. The Balaban J connectivity index is 1.58. The van der Waals surface area contributed by atoms with Gasteiger partial charge in [-0.1, -0.05) is 22.0 Å². The molecule has 0 atom stereocenters. The van der Waals surface area contributed by atoms with Crippen molar-refractivity contribution in [3.63, 3.8) is 0 Å². The normalized spacial score (nSPS) is 13.2. The van der Waals surface area contributed by atoms with E-state index in [4.69, 9.17) is 14.2 Å². The lowest BCUT2D eigenvalue weighted by molar-refractivity contribution is -0.145. The molecule has 2 aromatic carbocycles. The van der Waals surface area contributed by atoms with Crippen molar-refractivity contribution in [2.75, 3.05) is 19.8 Å². The van der Waals surface area contributed by atoms with Gasteiger partial charge in [0.1, 0.15) is 11.5 Å². The summed E-state index contributed by atoms with van der Waals surface area (Å²) in [6.45, 7) is 4.86. The zero-order valence-corrected chi connectivity index (χ0v) is 18.6. The maximum absolute atomic E-state index is 11.4. The van der Waals surface area contributed by atoms with E-state index in [9.17, 15) is 4.79 Å². The molecule has 1 fully saturated rings. The van der Waals surface area contributed by atoms with Gasteiger partial charge in [0.15, 0.2) is 6.61 Å². The molecule has 28 heavy (non-hydrogen) atoms. The third-order valence-electron chi connectivity index (χ3n) is 4.39. The molecule has 0 N–H and O–H groups in total. The first-order valence-corrected chi connectivity index (χ1v) is 11.3. The maximum atomic E-state index is 11.4. The van der Waals surface area contributed by atoms with E-state index in [1.54, 1.807) is 18.7 Å². The van der Waals surface area contributed by atoms with Crippen LogP contribution in [-0.4, -0.2) is 25.8 Å². The fraction of sp³-hybridized carbons (Fsp3) is 0.409. The number of esters is 1. The highest BCUT2D eigenvalue weighted by atomic mass is 79.9. The summed E-state index contributed by atoms with van der Waals surface area (Å²) in [7, 11) is 0. The first kappa shape index (κ1) is 21.1. The number of rotatable bonds is 10. The van der Waals surface area contributed by atoms with Gasteiger partial charge in [-0.05, 0) is 68.5 Å². The summed E-state index contributed by atoms with van der Waals surface area (Å²) in [5, 5.41) is 0. The highest BCUT2D eigenvalue weighted by Crippen LogP contribution is 2.34. The van der Waals surface area contributed by atoms with Crippen molar-refractivity contribution < 1.29 is 19.0 Å². The number of carbonyl (C=O) groups is 1. The smallest absolute Gasteiger partial charge is 0.344 e. The minimum Gasteiger partial charge on any atom is -0.493 e. The first-order valence-electron chi connectivity index (χ1n) is 9.48. The molecule has 150 valence electrons. The quantitative estimate of drug-likeness (QED) is 0.329. The van der Waals surface area contributed by atoms with E-state index in [1.165, 1.54) is 18.4 Å². The molecular formula is C22H25BrO4S. The molecule has 0 saturated heterocycles. The molecule has 4 nitrogen and oxygen atoms in total. The largest absolute Gasteiger partial charge is 0.493 e. The summed E-state index contributed by atoms with van der Waals surface area (Å²) in [4.78, 5) is 12.6. The topological polar surface area (TPSA) is 44.8 Å². The van der Waals surface area contributed by atoms with E-state index in [0.717, 1.165) is 39.0 Å². The number of aryl methyl sites for hydroxylation is 1. The molecule has 0 heterocycles. The van der Waals surface area contributed by atoms with Gasteiger partial charge < -0.3 is 14.2 Å². The lowest BCUT2D eigenvalue weighted by Gasteiger charge is -2.13. The molecular weight excluding hydrogens is 440 g/mol. The molecule has 0 amide bonds. The zero-order valence-electron chi connectivity index (χ0n) is 16.2. The Morgan fingerprint density at radius 2 is 1.96 bits per heavy atom. The minimum absolute atomic E-state index is 0.0677. The second-order valence-electron chi connectivity index (χ2n) is 6.82. The average Bonchev–Trinajstić information content (AvgIpc) is 3.49. The van der Waals surface area contributed by atoms with Gasteiger partial charge in [-0.25, -0.2) is 4.79 Å². The number of halogens is 1. The first-order chi connectivity index (χ1) is 13.5. The molecule has 0 unspecified atom stereocenters. The van der Waals surface area contributed by atoms with Crippen LogP contribution in [0, 0.1) is 12.8 Å². The van der Waals surface area contributed by atoms with E-state index in [0.29, 0.717) is 12.4 Å². The molecule has 1 saturated carbocycles. The fourth-order valence-electron chi connectivity index (χ4n) is 2.65. The molecule has 0 aromatic heterocycles. The predicted octanol–water partition coefficient (Wildman–Crippen LogP) is 5.78. The van der Waals surface area contributed by atoms with Crippen molar-refractivity contribution in [2.45, 2.75) is 37.3 Å². The molecule has 0 aliphatic heterocycles. The molecule has 1 aliphatic carbocycles. The van der Waals surface area contributed by atoms with Gasteiger partial charge in [0, 0.05) is 20.7 Å². The summed E-state index contributed by atoms with van der Waals surface area (Å²) >= 11 is 5.29. The van der Waals surface area contributed by atoms with Gasteiger partial charge in [-0.3, -0.25) is 0 Å². The summed E-state index contributed by atoms with van der Waals surface area (Å²) in [5.41, 5.74) is 2.18. The van der Waals surface area contributed by atoms with Crippen LogP contribution in [0.3, 0.4) is 0 Å². The van der Waals surface area contributed by atoms with Crippen LogP contribution in [0.15, 0.2) is 45.8 Å². The van der Waals surface area contributed by atoms with Gasteiger partial charge in [0.25, 0.3) is 0 Å². The van der Waals surface area contributed by atoms with Crippen LogP contribution in [-0.2, 0) is 15.3 Å². The van der Waals surface area contributed by atoms with Crippen LogP contribution in [0.5, 0.6) is 11.5 Å². The fourth-order valence-corrected chi connectivity index (χ4v) is 3.97. The van der Waals surface area contributed by atoms with E-state index in [-0.39, 0.29) is 12.6 Å². The Morgan fingerprint density at radius 3 is 2.68 bits per heavy atom. The van der Waals surface area contributed by atoms with Crippen molar-refractivity contribution in [1.82, 2.24) is 0 Å². The Labute approximate surface area is 179 Å². The van der Waals surface area contributed by atoms with Gasteiger partial charge in [-0.15, -0.1) is 11.8 Å². The lowest BCUT2D eigenvalue weighted by Crippen LogP contribution is -2.14. The third-order valence-corrected chi connectivity index (χ3v) is 5.93. The molecule has 0 spiro atoms. The highest BCUT2D eigenvalue weighted by Gasteiger charge is 2.22. The van der Waals surface area contributed by atoms with Crippen LogP contribution in [0.2, 0.25) is 0 Å². The van der Waals surface area contributed by atoms with Crippen LogP contribution < -0.4 is 9.47 Å². The van der Waals surface area contributed by atoms with Crippen LogP contribution in [0.1, 0.15) is 30.9 Å². The van der Waals surface area contributed by atoms with Gasteiger partial charge in [0.2, 0.25) is 0 Å². The van der Waals surface area contributed by atoms with Crippen molar-refractivity contribution >= 4 is 33.7 Å². The van der Waals surface area contributed by atoms with Crippen molar-refractivity contribution in [3.05, 3.63) is 52.0 Å². The zero-order chi connectivity index (χ0) is 19.9. The molecule has 3 rings (SSSR count). The average molecular weight is 465 g/mol. The number of carbonyl (C=O) groups excluding carboxylic acids is 1. The molecule has 1 aliphatic rings. The van der Waals surface area contributed by atoms with E-state index < -0.39 is 0 Å². The summed E-state index contributed by atoms with van der Waals surface area (Å²) in [6.07, 6.45) is 2.56. The van der Waals surface area contributed by atoms with Crippen LogP contribution in [0.25, 0.3) is 0 Å². The van der Waals surface area contributed by atoms with Crippen molar-refractivity contribution in [2.24, 2.45) is 5.92 Å². The minimum atomic E-state index is -0.352. The highest BCUT2D eigenvalue weighted by molar-refractivity contribution is 9.10. The van der Waals surface area contributed by atoms with Gasteiger partial charge in [-0.2, -0.15) is 0 Å². The lowest BCUT2D eigenvalue weighted by atomic mass is 10.2. The number of thioether (sulfide) groups is 1. The Bertz CT molecular complexity index is 820. The summed E-state index contributed by atoms with van der Waals surface area (Å²) < 4.78 is 17.5. The molecule has 0 bridgehead atoms. The maximum Gasteiger partial charge on any atom is 0.344 e. The Kier molecular flexibility index (Phi) is 7.68. The van der Waals surface area contributed by atoms with E-state index in [1.807, 2.05) is 19.1 Å². The number of benzene rings is 2. The van der Waals surface area contributed by atoms with Gasteiger partial charge in [0.05, 0.1) is 13.2 Å². The summed E-state index contributed by atoms with van der Waals surface area (Å²) in [6, 6.07) is 12.2. The monoisotopic (exact) mass is 464 g/mol. The molecule has 0 radical (unpaired) electrons. The second-order valence-corrected chi connectivity index (χ2v) is 8.78. The number of hydrogen-bond acceptors (Lipinski definition) is 5. The van der Waals surface area contributed by atoms with Crippen molar-refractivity contribution in [1.29, 1.82) is 0 Å². The Morgan fingerprint density at radius 1 is 1.14 bits per heavy atom. The number of ether oxygens (including phenoxy) is 3. The molecule has 2 aromatic rings. The Hall–Kier alpha value is -1.66. The van der Waals surface area contributed by atoms with Crippen molar-refractivity contribution in [3.8, 4) is 11.5 Å². The predicted molar refractivity (Wildman–Crippen MR) is 115 cm³/mol. The van der Waals surface area contributed by atoms with Gasteiger partial charge >= 0.3 is 5.97 Å². The van der Waals surface area contributed by atoms with Crippen LogP contribution >= 0.6 is 27.7 Å². The third kappa shape index (κ3) is 6.45. The summed E-state index contributed by atoms with van der Waals surface area (Å²) in [5.74, 6) is 2.86. The number of hydrogen-bond donors (Lipinski definition) is 0. The SMILES string of the molecule is CCOC(=O)COc1ccc(SCc2ccc(Br)cc2OCC2CC2)cc1C. The van der Waals surface area contributed by atoms with E-state index in [2.05, 4.69) is 40.2 Å².